The summed E-state index contributed by atoms with van der Waals surface area (Å²) in [6, 6.07) is 0.190. The lowest BCUT2D eigenvalue weighted by Gasteiger charge is -2.16. The largest absolute Gasteiger partial charge is 0.461 e. The van der Waals surface area contributed by atoms with Crippen molar-refractivity contribution in [3.8, 4) is 6.01 Å². The molecule has 90 valence electrons. The quantitative estimate of drug-likeness (QED) is 0.826. The highest BCUT2D eigenvalue weighted by Crippen LogP contribution is 2.14. The molecule has 0 amide bonds. The first kappa shape index (κ1) is 12.9. The first-order chi connectivity index (χ1) is 7.52. The number of ether oxygens (including phenoxy) is 1. The minimum absolute atomic E-state index is 0.0141. The molecule has 0 aliphatic heterocycles. The minimum atomic E-state index is -0.0329. The average Bonchev–Trinajstić information content (AvgIpc) is 2.15. The molecule has 0 aromatic carbocycles. The van der Waals surface area contributed by atoms with Gasteiger partial charge in [0.2, 0.25) is 11.2 Å². The zero-order chi connectivity index (χ0) is 12.1. The van der Waals surface area contributed by atoms with Crippen molar-refractivity contribution in [3.63, 3.8) is 0 Å². The number of hydrogen-bond donors (Lipinski definition) is 1. The van der Waals surface area contributed by atoms with Crippen LogP contribution in [0.5, 0.6) is 6.01 Å². The maximum absolute atomic E-state index is 8.80. The fraction of sp³-hybridized carbons (Fsp3) is 0.667. The van der Waals surface area contributed by atoms with E-state index in [0.29, 0.717) is 12.5 Å². The van der Waals surface area contributed by atoms with Crippen molar-refractivity contribution >= 4 is 17.5 Å². The van der Waals surface area contributed by atoms with Gasteiger partial charge in [0.1, 0.15) is 0 Å². The third-order valence-corrected chi connectivity index (χ3v) is 1.86. The van der Waals surface area contributed by atoms with E-state index in [1.54, 1.807) is 11.9 Å². The van der Waals surface area contributed by atoms with Gasteiger partial charge in [0.15, 0.2) is 0 Å². The Morgan fingerprint density at radius 3 is 2.62 bits per heavy atom. The zero-order valence-corrected chi connectivity index (χ0v) is 10.3. The van der Waals surface area contributed by atoms with E-state index in [9.17, 15) is 0 Å². The van der Waals surface area contributed by atoms with Gasteiger partial charge >= 0.3 is 6.01 Å². The molecule has 0 aliphatic carbocycles. The molecule has 0 atom stereocenters. The van der Waals surface area contributed by atoms with Crippen molar-refractivity contribution in [1.82, 2.24) is 15.0 Å². The van der Waals surface area contributed by atoms with Gasteiger partial charge in [0.25, 0.3) is 0 Å². The Labute approximate surface area is 99.3 Å². The summed E-state index contributed by atoms with van der Waals surface area (Å²) < 4.78 is 5.33. The fourth-order valence-electron chi connectivity index (χ4n) is 1.01. The van der Waals surface area contributed by atoms with E-state index in [4.69, 9.17) is 21.4 Å². The van der Waals surface area contributed by atoms with E-state index in [1.165, 1.54) is 0 Å². The molecule has 0 bridgehead atoms. The molecule has 1 aromatic heterocycles. The predicted octanol–water partition coefficient (Wildman–Crippen LogP) is 0.741. The third-order valence-electron chi connectivity index (χ3n) is 1.69. The Kier molecular flexibility index (Phi) is 4.70. The van der Waals surface area contributed by atoms with Crippen LogP contribution >= 0.6 is 11.6 Å². The van der Waals surface area contributed by atoms with Crippen LogP contribution in [-0.4, -0.2) is 46.4 Å². The molecule has 7 heteroatoms. The number of aliphatic hydroxyl groups excluding tert-OH is 1. The summed E-state index contributed by atoms with van der Waals surface area (Å²) in [5, 5.41) is 8.88. The smallest absolute Gasteiger partial charge is 0.322 e. The minimum Gasteiger partial charge on any atom is -0.461 e. The van der Waals surface area contributed by atoms with Gasteiger partial charge in [-0.1, -0.05) is 0 Å². The number of likely N-dealkylation sites (N-methyl/N-ethyl adjacent to an activating group) is 1. The van der Waals surface area contributed by atoms with Crippen molar-refractivity contribution in [2.45, 2.75) is 20.0 Å². The van der Waals surface area contributed by atoms with Gasteiger partial charge in [0.05, 0.1) is 12.7 Å². The normalized spacial score (nSPS) is 10.6. The molecule has 16 heavy (non-hydrogen) atoms. The van der Waals surface area contributed by atoms with Crippen LogP contribution in [0, 0.1) is 0 Å². The highest BCUT2D eigenvalue weighted by atomic mass is 35.5. The summed E-state index contributed by atoms with van der Waals surface area (Å²) in [6.07, 6.45) is -0.0329. The van der Waals surface area contributed by atoms with Gasteiger partial charge in [-0.15, -0.1) is 0 Å². The predicted molar refractivity (Wildman–Crippen MR) is 61.0 cm³/mol. The second-order valence-electron chi connectivity index (χ2n) is 3.50. The topological polar surface area (TPSA) is 71.4 Å². The number of halogens is 1. The van der Waals surface area contributed by atoms with E-state index < -0.39 is 0 Å². The Morgan fingerprint density at radius 2 is 2.06 bits per heavy atom. The van der Waals surface area contributed by atoms with Crippen LogP contribution in [0.3, 0.4) is 0 Å². The number of nitrogens with zero attached hydrogens (tertiary/aromatic N) is 4. The Hall–Kier alpha value is -1.14. The maximum Gasteiger partial charge on any atom is 0.322 e. The van der Waals surface area contributed by atoms with Crippen LogP contribution in [0.1, 0.15) is 13.8 Å². The van der Waals surface area contributed by atoms with E-state index in [1.807, 2.05) is 13.8 Å². The molecule has 1 aromatic rings. The number of aromatic nitrogens is 3. The van der Waals surface area contributed by atoms with Gasteiger partial charge in [-0.3, -0.25) is 0 Å². The first-order valence-corrected chi connectivity index (χ1v) is 5.31. The highest BCUT2D eigenvalue weighted by Gasteiger charge is 2.10. The van der Waals surface area contributed by atoms with Gasteiger partial charge in [-0.05, 0) is 25.4 Å². The molecule has 6 nitrogen and oxygen atoms in total. The molecule has 0 saturated carbocycles. The van der Waals surface area contributed by atoms with E-state index in [-0.39, 0.29) is 24.0 Å². The molecule has 0 radical (unpaired) electrons. The summed E-state index contributed by atoms with van der Waals surface area (Å²) in [6.45, 7) is 4.17. The second kappa shape index (κ2) is 5.81. The molecule has 1 rings (SSSR count). The van der Waals surface area contributed by atoms with Crippen LogP contribution in [0.25, 0.3) is 0 Å². The summed E-state index contributed by atoms with van der Waals surface area (Å²) in [4.78, 5) is 13.5. The van der Waals surface area contributed by atoms with Crippen LogP contribution in [-0.2, 0) is 0 Å². The van der Waals surface area contributed by atoms with Gasteiger partial charge < -0.3 is 14.7 Å². The fourth-order valence-corrected chi connectivity index (χ4v) is 1.15. The maximum atomic E-state index is 8.80. The molecule has 1 heterocycles. The van der Waals surface area contributed by atoms with Gasteiger partial charge in [0, 0.05) is 13.6 Å². The van der Waals surface area contributed by atoms with Crippen LogP contribution in [0.15, 0.2) is 0 Å². The monoisotopic (exact) mass is 246 g/mol. The molecular weight excluding hydrogens is 232 g/mol. The number of aliphatic hydroxyl groups is 1. The molecule has 0 unspecified atom stereocenters. The number of hydrogen-bond acceptors (Lipinski definition) is 6. The molecule has 0 fully saturated rings. The Balaban J connectivity index is 2.89. The van der Waals surface area contributed by atoms with Crippen molar-refractivity contribution in [1.29, 1.82) is 0 Å². The Morgan fingerprint density at radius 1 is 1.38 bits per heavy atom. The number of rotatable bonds is 5. The lowest BCUT2D eigenvalue weighted by atomic mass is 10.5. The molecule has 0 aliphatic rings. The molecule has 1 N–H and O–H groups in total. The van der Waals surface area contributed by atoms with Crippen molar-refractivity contribution < 1.29 is 9.84 Å². The molecule has 0 spiro atoms. The van der Waals surface area contributed by atoms with E-state index in [2.05, 4.69) is 15.0 Å². The average molecular weight is 247 g/mol. The Bertz CT molecular complexity index is 348. The highest BCUT2D eigenvalue weighted by molar-refractivity contribution is 6.28. The number of anilines is 1. The molecule has 0 saturated heterocycles. The van der Waals surface area contributed by atoms with E-state index >= 15 is 0 Å². The zero-order valence-electron chi connectivity index (χ0n) is 9.51. The van der Waals surface area contributed by atoms with E-state index in [0.717, 1.165) is 0 Å². The summed E-state index contributed by atoms with van der Waals surface area (Å²) in [5.41, 5.74) is 0. The van der Waals surface area contributed by atoms with Crippen LogP contribution in [0.4, 0.5) is 5.95 Å². The summed E-state index contributed by atoms with van der Waals surface area (Å²) in [7, 11) is 1.75. The summed E-state index contributed by atoms with van der Waals surface area (Å²) >= 11 is 5.75. The van der Waals surface area contributed by atoms with Crippen molar-refractivity contribution in [3.05, 3.63) is 5.28 Å². The van der Waals surface area contributed by atoms with Crippen molar-refractivity contribution in [2.75, 3.05) is 25.1 Å². The molecular formula is C9H15ClN4O2. The third kappa shape index (κ3) is 3.79. The summed E-state index contributed by atoms with van der Waals surface area (Å²) in [5.74, 6) is 0.379. The standard InChI is InChI=1S/C9H15ClN4O2/c1-6(2)16-9-12-7(10)11-8(13-9)14(3)4-5-15/h6,15H,4-5H2,1-3H3. The lowest BCUT2D eigenvalue weighted by Crippen LogP contribution is -2.24. The lowest BCUT2D eigenvalue weighted by molar-refractivity contribution is 0.221. The SMILES string of the molecule is CC(C)Oc1nc(Cl)nc(N(C)CCO)n1. The second-order valence-corrected chi connectivity index (χ2v) is 3.84. The van der Waals surface area contributed by atoms with Crippen LogP contribution in [0.2, 0.25) is 5.28 Å². The van der Waals surface area contributed by atoms with Gasteiger partial charge in [-0.2, -0.15) is 15.0 Å². The first-order valence-electron chi connectivity index (χ1n) is 4.93. The van der Waals surface area contributed by atoms with Crippen LogP contribution < -0.4 is 9.64 Å². The van der Waals surface area contributed by atoms with Gasteiger partial charge in [-0.25, -0.2) is 0 Å². The van der Waals surface area contributed by atoms with Crippen molar-refractivity contribution in [2.24, 2.45) is 0 Å².